The van der Waals surface area contributed by atoms with Crippen molar-refractivity contribution in [2.75, 3.05) is 18.4 Å². The quantitative estimate of drug-likeness (QED) is 0.888. The van der Waals surface area contributed by atoms with Crippen LogP contribution in [-0.4, -0.2) is 19.0 Å². The highest BCUT2D eigenvalue weighted by atomic mass is 35.5. The molecule has 1 unspecified atom stereocenters. The molecule has 100 valence electrons. The third-order valence-corrected chi connectivity index (χ3v) is 2.96. The zero-order chi connectivity index (χ0) is 12.3. The fourth-order valence-electron chi connectivity index (χ4n) is 2.17. The predicted molar refractivity (Wildman–Crippen MR) is 72.6 cm³/mol. The highest BCUT2D eigenvalue weighted by Crippen LogP contribution is 2.16. The van der Waals surface area contributed by atoms with Crippen molar-refractivity contribution in [3.63, 3.8) is 0 Å². The van der Waals surface area contributed by atoms with Crippen LogP contribution in [0.2, 0.25) is 0 Å². The number of anilines is 1. The lowest BCUT2D eigenvalue weighted by Crippen LogP contribution is -2.18. The summed E-state index contributed by atoms with van der Waals surface area (Å²) in [5, 5.41) is 5.96. The second-order valence-corrected chi connectivity index (χ2v) is 4.63. The number of halogens is 2. The molecule has 1 aromatic carbocycles. The lowest BCUT2D eigenvalue weighted by molar-refractivity contribution is -0.116. The van der Waals surface area contributed by atoms with Gasteiger partial charge in [0, 0.05) is 12.1 Å². The fourth-order valence-corrected chi connectivity index (χ4v) is 2.17. The molecule has 0 aliphatic carbocycles. The molecule has 0 spiro atoms. The average Bonchev–Trinajstić information content (AvgIpc) is 2.67. The maximum absolute atomic E-state index is 13.1. The number of aryl methyl sites for hydroxylation is 1. The Hall–Kier alpha value is -1.13. The Morgan fingerprint density at radius 2 is 2.28 bits per heavy atom. The fraction of sp³-hybridized carbons (Fsp3) is 0.462. The zero-order valence-corrected chi connectivity index (χ0v) is 11.1. The molecule has 1 aromatic rings. The molecular weight excluding hydrogens is 255 g/mol. The highest BCUT2D eigenvalue weighted by molar-refractivity contribution is 5.90. The Balaban J connectivity index is 0.00000162. The molecule has 3 nitrogen and oxygen atoms in total. The third kappa shape index (κ3) is 4.27. The molecular formula is C13H18ClFN2O. The normalized spacial score (nSPS) is 18.2. The largest absolute Gasteiger partial charge is 0.326 e. The molecule has 1 aliphatic rings. The van der Waals surface area contributed by atoms with E-state index in [9.17, 15) is 9.18 Å². The van der Waals surface area contributed by atoms with E-state index in [4.69, 9.17) is 0 Å². The molecule has 1 heterocycles. The second kappa shape index (κ2) is 6.71. The van der Waals surface area contributed by atoms with Crippen LogP contribution in [0, 0.1) is 18.7 Å². The summed E-state index contributed by atoms with van der Waals surface area (Å²) in [5.74, 6) is 0.0520. The van der Waals surface area contributed by atoms with E-state index >= 15 is 0 Å². The van der Waals surface area contributed by atoms with Crippen molar-refractivity contribution in [1.29, 1.82) is 0 Å². The van der Waals surface area contributed by atoms with E-state index in [1.807, 2.05) is 0 Å². The van der Waals surface area contributed by atoms with Crippen LogP contribution in [-0.2, 0) is 4.79 Å². The van der Waals surface area contributed by atoms with Gasteiger partial charge in [0.2, 0.25) is 5.91 Å². The number of hydrogen-bond acceptors (Lipinski definition) is 2. The molecule has 1 fully saturated rings. The van der Waals surface area contributed by atoms with Crippen LogP contribution in [0.15, 0.2) is 18.2 Å². The number of rotatable bonds is 3. The van der Waals surface area contributed by atoms with Crippen LogP contribution in [0.5, 0.6) is 0 Å². The smallest absolute Gasteiger partial charge is 0.224 e. The van der Waals surface area contributed by atoms with Gasteiger partial charge in [-0.1, -0.05) is 0 Å². The van der Waals surface area contributed by atoms with E-state index in [1.165, 1.54) is 12.1 Å². The summed E-state index contributed by atoms with van der Waals surface area (Å²) in [5.41, 5.74) is 1.35. The topological polar surface area (TPSA) is 41.1 Å². The zero-order valence-electron chi connectivity index (χ0n) is 10.3. The maximum atomic E-state index is 13.1. The van der Waals surface area contributed by atoms with Crippen molar-refractivity contribution in [2.24, 2.45) is 5.92 Å². The van der Waals surface area contributed by atoms with Crippen molar-refractivity contribution < 1.29 is 9.18 Å². The van der Waals surface area contributed by atoms with E-state index in [0.717, 1.165) is 25.1 Å². The van der Waals surface area contributed by atoms with Crippen molar-refractivity contribution in [3.8, 4) is 0 Å². The van der Waals surface area contributed by atoms with Crippen LogP contribution in [0.3, 0.4) is 0 Å². The monoisotopic (exact) mass is 272 g/mol. The molecule has 2 rings (SSSR count). The first kappa shape index (κ1) is 14.9. The standard InChI is InChI=1S/C13H17FN2O.ClH/c1-9-4-11(14)7-12(5-9)16-13(17)6-10-2-3-15-8-10;/h4-5,7,10,15H,2-3,6,8H2,1H3,(H,16,17);1H. The number of benzene rings is 1. The molecule has 0 bridgehead atoms. The summed E-state index contributed by atoms with van der Waals surface area (Å²) >= 11 is 0. The molecule has 1 amide bonds. The highest BCUT2D eigenvalue weighted by Gasteiger charge is 2.18. The van der Waals surface area contributed by atoms with Crippen LogP contribution in [0.25, 0.3) is 0 Å². The lowest BCUT2D eigenvalue weighted by atomic mass is 10.0. The Bertz CT molecular complexity index is 399. The number of nitrogens with one attached hydrogen (secondary N) is 2. The summed E-state index contributed by atoms with van der Waals surface area (Å²) in [6.07, 6.45) is 1.54. The minimum absolute atomic E-state index is 0. The van der Waals surface area contributed by atoms with Gasteiger partial charge in [-0.3, -0.25) is 4.79 Å². The number of carbonyl (C=O) groups excluding carboxylic acids is 1. The molecule has 1 aliphatic heterocycles. The minimum Gasteiger partial charge on any atom is -0.326 e. The van der Waals surface area contributed by atoms with Crippen molar-refractivity contribution in [2.45, 2.75) is 19.8 Å². The number of carbonyl (C=O) groups is 1. The Labute approximate surface area is 113 Å². The number of hydrogen-bond donors (Lipinski definition) is 2. The first-order valence-corrected chi connectivity index (χ1v) is 5.91. The van der Waals surface area contributed by atoms with Crippen LogP contribution in [0.4, 0.5) is 10.1 Å². The van der Waals surface area contributed by atoms with Gasteiger partial charge in [-0.25, -0.2) is 4.39 Å². The molecule has 5 heteroatoms. The van der Waals surface area contributed by atoms with Gasteiger partial charge >= 0.3 is 0 Å². The van der Waals surface area contributed by atoms with Crippen molar-refractivity contribution in [1.82, 2.24) is 5.32 Å². The van der Waals surface area contributed by atoms with Gasteiger partial charge in [-0.15, -0.1) is 12.4 Å². The minimum atomic E-state index is -0.317. The Morgan fingerprint density at radius 3 is 2.89 bits per heavy atom. The molecule has 18 heavy (non-hydrogen) atoms. The molecule has 1 saturated heterocycles. The van der Waals surface area contributed by atoms with Gasteiger partial charge in [-0.2, -0.15) is 0 Å². The van der Waals surface area contributed by atoms with E-state index < -0.39 is 0 Å². The lowest BCUT2D eigenvalue weighted by Gasteiger charge is -2.09. The first-order valence-electron chi connectivity index (χ1n) is 5.91. The third-order valence-electron chi connectivity index (χ3n) is 2.96. The number of amides is 1. The Kier molecular flexibility index (Phi) is 5.56. The predicted octanol–water partition coefficient (Wildman–Crippen LogP) is 2.49. The summed E-state index contributed by atoms with van der Waals surface area (Å²) in [7, 11) is 0. The maximum Gasteiger partial charge on any atom is 0.224 e. The second-order valence-electron chi connectivity index (χ2n) is 4.63. The van der Waals surface area contributed by atoms with E-state index in [0.29, 0.717) is 18.0 Å². The summed E-state index contributed by atoms with van der Waals surface area (Å²) in [6.45, 7) is 3.69. The van der Waals surface area contributed by atoms with E-state index in [2.05, 4.69) is 10.6 Å². The van der Waals surface area contributed by atoms with Gasteiger partial charge in [0.25, 0.3) is 0 Å². The molecule has 0 aromatic heterocycles. The van der Waals surface area contributed by atoms with Crippen molar-refractivity contribution >= 4 is 24.0 Å². The average molecular weight is 273 g/mol. The summed E-state index contributed by atoms with van der Waals surface area (Å²) < 4.78 is 13.1. The van der Waals surface area contributed by atoms with Crippen LogP contribution >= 0.6 is 12.4 Å². The van der Waals surface area contributed by atoms with Crippen LogP contribution < -0.4 is 10.6 Å². The molecule has 0 radical (unpaired) electrons. The Morgan fingerprint density at radius 1 is 1.50 bits per heavy atom. The SMILES string of the molecule is Cc1cc(F)cc(NC(=O)CC2CCNC2)c1.Cl. The molecule has 1 atom stereocenters. The van der Waals surface area contributed by atoms with Gasteiger partial charge < -0.3 is 10.6 Å². The van der Waals surface area contributed by atoms with Gasteiger partial charge in [0.05, 0.1) is 0 Å². The van der Waals surface area contributed by atoms with Gasteiger partial charge in [0.15, 0.2) is 0 Å². The molecule has 2 N–H and O–H groups in total. The summed E-state index contributed by atoms with van der Waals surface area (Å²) in [6, 6.07) is 4.56. The van der Waals surface area contributed by atoms with E-state index in [-0.39, 0.29) is 24.1 Å². The first-order chi connectivity index (χ1) is 8.13. The van der Waals surface area contributed by atoms with Crippen molar-refractivity contribution in [3.05, 3.63) is 29.6 Å². The van der Waals surface area contributed by atoms with Gasteiger partial charge in [0.1, 0.15) is 5.82 Å². The van der Waals surface area contributed by atoms with Gasteiger partial charge in [-0.05, 0) is 56.1 Å². The van der Waals surface area contributed by atoms with E-state index in [1.54, 1.807) is 13.0 Å². The van der Waals surface area contributed by atoms with Crippen LogP contribution in [0.1, 0.15) is 18.4 Å². The summed E-state index contributed by atoms with van der Waals surface area (Å²) in [4.78, 5) is 11.7. The molecule has 0 saturated carbocycles.